The van der Waals surface area contributed by atoms with E-state index in [0.717, 1.165) is 0 Å². The lowest BCUT2D eigenvalue weighted by molar-refractivity contribution is -0.135. The van der Waals surface area contributed by atoms with Gasteiger partial charge in [-0.15, -0.1) is 0 Å². The summed E-state index contributed by atoms with van der Waals surface area (Å²) < 4.78 is 27.0. The van der Waals surface area contributed by atoms with Gasteiger partial charge in [0.25, 0.3) is 0 Å². The molecule has 1 N–H and O–H groups in total. The number of carbonyl (C=O) groups excluding carboxylic acids is 2. The Balaban J connectivity index is 1.82. The second kappa shape index (κ2) is 6.18. The fourth-order valence-electron chi connectivity index (χ4n) is 3.50. The average Bonchev–Trinajstić information content (AvgIpc) is 2.89. The molecule has 2 unspecified atom stereocenters. The van der Waals surface area contributed by atoms with E-state index in [4.69, 9.17) is 0 Å². The van der Waals surface area contributed by atoms with Crippen molar-refractivity contribution >= 4 is 21.8 Å². The zero-order valence-electron chi connectivity index (χ0n) is 13.7. The molecule has 2 aliphatic rings. The van der Waals surface area contributed by atoms with E-state index in [9.17, 15) is 18.0 Å². The highest BCUT2D eigenvalue weighted by Gasteiger charge is 2.44. The molecule has 2 atom stereocenters. The van der Waals surface area contributed by atoms with Gasteiger partial charge in [-0.05, 0) is 25.0 Å². The predicted octanol–water partition coefficient (Wildman–Crippen LogP) is 0.105. The molecular formula is C16H21N3O4S. The smallest absolute Gasteiger partial charge is 0.243 e. The number of amides is 2. The van der Waals surface area contributed by atoms with Crippen LogP contribution in [0.1, 0.15) is 18.9 Å². The Morgan fingerprint density at radius 3 is 2.62 bits per heavy atom. The van der Waals surface area contributed by atoms with Crippen molar-refractivity contribution < 1.29 is 18.0 Å². The molecule has 0 saturated carbocycles. The minimum atomic E-state index is -3.71. The first-order valence-electron chi connectivity index (χ1n) is 7.91. The van der Waals surface area contributed by atoms with Gasteiger partial charge in [-0.25, -0.2) is 8.42 Å². The zero-order valence-corrected chi connectivity index (χ0v) is 14.5. The van der Waals surface area contributed by atoms with Crippen LogP contribution in [0.25, 0.3) is 0 Å². The van der Waals surface area contributed by atoms with Gasteiger partial charge in [0, 0.05) is 32.1 Å². The summed E-state index contributed by atoms with van der Waals surface area (Å²) >= 11 is 0. The second-order valence-electron chi connectivity index (χ2n) is 6.40. The fourth-order valence-corrected chi connectivity index (χ4v) is 5.15. The summed E-state index contributed by atoms with van der Waals surface area (Å²) in [5, 5.41) is 2.81. The Bertz CT molecular complexity index is 777. The van der Waals surface area contributed by atoms with E-state index < -0.39 is 10.0 Å². The van der Waals surface area contributed by atoms with Crippen molar-refractivity contribution in [2.24, 2.45) is 0 Å². The molecule has 2 aliphatic heterocycles. The monoisotopic (exact) mass is 351 g/mol. The molecule has 0 spiro atoms. The third kappa shape index (κ3) is 3.03. The number of rotatable bonds is 3. The highest BCUT2D eigenvalue weighted by molar-refractivity contribution is 7.89. The number of hydrogen-bond acceptors (Lipinski definition) is 4. The van der Waals surface area contributed by atoms with E-state index >= 15 is 0 Å². The van der Waals surface area contributed by atoms with Gasteiger partial charge in [0.15, 0.2) is 0 Å². The molecule has 7 nitrogen and oxygen atoms in total. The number of nitrogens with one attached hydrogen (secondary N) is 1. The highest BCUT2D eigenvalue weighted by atomic mass is 32.2. The molecule has 3 rings (SSSR count). The lowest BCUT2D eigenvalue weighted by Gasteiger charge is -2.36. The SMILES string of the molecule is CC(=O)NC1CC2CN(S(=O)(=O)c3ccccc3C)CC(=O)N2C1. The molecular weight excluding hydrogens is 330 g/mol. The van der Waals surface area contributed by atoms with Crippen molar-refractivity contribution in [3.63, 3.8) is 0 Å². The maximum absolute atomic E-state index is 12.9. The highest BCUT2D eigenvalue weighted by Crippen LogP contribution is 2.28. The largest absolute Gasteiger partial charge is 0.352 e. The molecule has 0 aliphatic carbocycles. The third-order valence-corrected chi connectivity index (χ3v) is 6.55. The number of nitrogens with zero attached hydrogens (tertiary/aromatic N) is 2. The lowest BCUT2D eigenvalue weighted by Crippen LogP contribution is -2.55. The van der Waals surface area contributed by atoms with Crippen LogP contribution >= 0.6 is 0 Å². The van der Waals surface area contributed by atoms with Crippen molar-refractivity contribution in [2.45, 2.75) is 37.2 Å². The molecule has 8 heteroatoms. The van der Waals surface area contributed by atoms with Gasteiger partial charge < -0.3 is 10.2 Å². The quantitative estimate of drug-likeness (QED) is 0.837. The van der Waals surface area contributed by atoms with Crippen LogP contribution in [0.4, 0.5) is 0 Å². The molecule has 2 fully saturated rings. The average molecular weight is 351 g/mol. The molecule has 0 aromatic heterocycles. The van der Waals surface area contributed by atoms with Crippen molar-refractivity contribution in [3.8, 4) is 0 Å². The maximum Gasteiger partial charge on any atom is 0.243 e. The number of carbonyl (C=O) groups is 2. The van der Waals surface area contributed by atoms with E-state index in [-0.39, 0.29) is 41.9 Å². The van der Waals surface area contributed by atoms with E-state index in [1.54, 1.807) is 36.1 Å². The van der Waals surface area contributed by atoms with Crippen LogP contribution in [0.3, 0.4) is 0 Å². The molecule has 24 heavy (non-hydrogen) atoms. The van der Waals surface area contributed by atoms with Gasteiger partial charge in [-0.1, -0.05) is 18.2 Å². The van der Waals surface area contributed by atoms with Crippen LogP contribution in [0.2, 0.25) is 0 Å². The second-order valence-corrected chi connectivity index (χ2v) is 8.30. The van der Waals surface area contributed by atoms with Crippen LogP contribution in [0.15, 0.2) is 29.2 Å². The molecule has 0 radical (unpaired) electrons. The zero-order chi connectivity index (χ0) is 17.5. The number of hydrogen-bond donors (Lipinski definition) is 1. The summed E-state index contributed by atoms with van der Waals surface area (Å²) in [7, 11) is -3.71. The van der Waals surface area contributed by atoms with Gasteiger partial charge in [-0.2, -0.15) is 4.31 Å². The third-order valence-electron chi connectivity index (χ3n) is 4.58. The van der Waals surface area contributed by atoms with Gasteiger partial charge in [0.2, 0.25) is 21.8 Å². The Morgan fingerprint density at radius 1 is 1.25 bits per heavy atom. The number of piperazine rings is 1. The predicted molar refractivity (Wildman–Crippen MR) is 87.7 cm³/mol. The molecule has 0 bridgehead atoms. The van der Waals surface area contributed by atoms with Crippen LogP contribution in [0, 0.1) is 6.92 Å². The van der Waals surface area contributed by atoms with Gasteiger partial charge in [0.05, 0.1) is 11.4 Å². The maximum atomic E-state index is 12.9. The summed E-state index contributed by atoms with van der Waals surface area (Å²) in [5.74, 6) is -0.354. The molecule has 130 valence electrons. The summed E-state index contributed by atoms with van der Waals surface area (Å²) in [6.45, 7) is 3.74. The van der Waals surface area contributed by atoms with Crippen molar-refractivity contribution in [1.29, 1.82) is 0 Å². The van der Waals surface area contributed by atoms with Crippen LogP contribution in [-0.2, 0) is 19.6 Å². The van der Waals surface area contributed by atoms with Gasteiger partial charge in [0.1, 0.15) is 0 Å². The minimum Gasteiger partial charge on any atom is -0.352 e. The molecule has 2 amide bonds. The summed E-state index contributed by atoms with van der Waals surface area (Å²) in [6, 6.07) is 6.47. The standard InChI is InChI=1S/C16H21N3O4S/c1-11-5-3-4-6-15(11)24(22,23)18-9-14-7-13(17-12(2)20)8-19(14)16(21)10-18/h3-6,13-14H,7-10H2,1-2H3,(H,17,20). The normalized spacial score (nSPS) is 24.8. The van der Waals surface area contributed by atoms with Gasteiger partial charge >= 0.3 is 0 Å². The summed E-state index contributed by atoms with van der Waals surface area (Å²) in [6.07, 6.45) is 0.575. The molecule has 2 saturated heterocycles. The Hall–Kier alpha value is -1.93. The van der Waals surface area contributed by atoms with Crippen LogP contribution in [0.5, 0.6) is 0 Å². The molecule has 1 aromatic rings. The van der Waals surface area contributed by atoms with Crippen molar-refractivity contribution in [1.82, 2.24) is 14.5 Å². The van der Waals surface area contributed by atoms with E-state index in [1.807, 2.05) is 0 Å². The molecule has 1 aromatic carbocycles. The number of sulfonamides is 1. The number of benzene rings is 1. The van der Waals surface area contributed by atoms with E-state index in [0.29, 0.717) is 18.5 Å². The number of aryl methyl sites for hydroxylation is 1. The summed E-state index contributed by atoms with van der Waals surface area (Å²) in [4.78, 5) is 25.5. The van der Waals surface area contributed by atoms with Crippen molar-refractivity contribution in [2.75, 3.05) is 19.6 Å². The minimum absolute atomic E-state index is 0.113. The fraction of sp³-hybridized carbons (Fsp3) is 0.500. The molecule has 2 heterocycles. The first-order chi connectivity index (χ1) is 11.3. The van der Waals surface area contributed by atoms with Crippen molar-refractivity contribution in [3.05, 3.63) is 29.8 Å². The van der Waals surface area contributed by atoms with E-state index in [1.165, 1.54) is 11.2 Å². The Labute approximate surface area is 141 Å². The Morgan fingerprint density at radius 2 is 1.96 bits per heavy atom. The van der Waals surface area contributed by atoms with Crippen LogP contribution < -0.4 is 5.32 Å². The first-order valence-corrected chi connectivity index (χ1v) is 9.35. The lowest BCUT2D eigenvalue weighted by atomic mass is 10.1. The van der Waals surface area contributed by atoms with E-state index in [2.05, 4.69) is 5.32 Å². The topological polar surface area (TPSA) is 86.8 Å². The first kappa shape index (κ1) is 16.9. The number of fused-ring (bicyclic) bond motifs is 1. The van der Waals surface area contributed by atoms with Crippen LogP contribution in [-0.4, -0.2) is 61.2 Å². The Kier molecular flexibility index (Phi) is 4.35. The summed E-state index contributed by atoms with van der Waals surface area (Å²) in [5.41, 5.74) is 0.662. The van der Waals surface area contributed by atoms with Gasteiger partial charge in [-0.3, -0.25) is 9.59 Å².